The Hall–Kier alpha value is -0.610. The third-order valence-corrected chi connectivity index (χ3v) is 4.64. The highest BCUT2D eigenvalue weighted by atomic mass is 16.5. The Morgan fingerprint density at radius 2 is 2.22 bits per heavy atom. The molecule has 1 aliphatic heterocycles. The number of carbonyl (C=O) groups is 1. The van der Waals surface area contributed by atoms with Crippen molar-refractivity contribution in [2.24, 2.45) is 11.7 Å². The molecule has 18 heavy (non-hydrogen) atoms. The second kappa shape index (κ2) is 6.02. The lowest BCUT2D eigenvalue weighted by Gasteiger charge is -2.42. The molecule has 0 spiro atoms. The van der Waals surface area contributed by atoms with Crippen LogP contribution in [0.1, 0.15) is 51.9 Å². The summed E-state index contributed by atoms with van der Waals surface area (Å²) in [4.78, 5) is 12.1. The maximum absolute atomic E-state index is 12.1. The predicted octanol–water partition coefficient (Wildman–Crippen LogP) is 1.58. The van der Waals surface area contributed by atoms with Crippen LogP contribution in [0.5, 0.6) is 0 Å². The van der Waals surface area contributed by atoms with Gasteiger partial charge in [-0.15, -0.1) is 0 Å². The zero-order valence-corrected chi connectivity index (χ0v) is 11.4. The molecule has 0 aromatic carbocycles. The molecule has 0 radical (unpaired) electrons. The number of carbonyl (C=O) groups excluding carboxylic acids is 1. The molecule has 1 saturated heterocycles. The minimum Gasteiger partial charge on any atom is -0.378 e. The second-order valence-electron chi connectivity index (χ2n) is 5.89. The first-order valence-corrected chi connectivity index (χ1v) is 7.29. The van der Waals surface area contributed by atoms with Gasteiger partial charge in [-0.2, -0.15) is 0 Å². The Morgan fingerprint density at radius 1 is 1.39 bits per heavy atom. The molecule has 4 nitrogen and oxygen atoms in total. The van der Waals surface area contributed by atoms with Crippen LogP contribution in [-0.2, 0) is 9.53 Å². The van der Waals surface area contributed by atoms with Gasteiger partial charge in [0.2, 0.25) is 5.91 Å². The molecule has 2 fully saturated rings. The van der Waals surface area contributed by atoms with Crippen molar-refractivity contribution in [2.75, 3.05) is 13.2 Å². The smallest absolute Gasteiger partial charge is 0.223 e. The molecule has 1 amide bonds. The Balaban J connectivity index is 1.90. The van der Waals surface area contributed by atoms with E-state index in [2.05, 4.69) is 12.2 Å². The monoisotopic (exact) mass is 254 g/mol. The average Bonchev–Trinajstić information content (AvgIpc) is 2.85. The standard InChI is InChI=1S/C14H26N2O2/c1-11-5-2-3-7-14(11,10-15)16-13(17)9-12-6-4-8-18-12/h11-12H,2-10,15H2,1H3,(H,16,17). The highest BCUT2D eigenvalue weighted by molar-refractivity contribution is 5.77. The van der Waals surface area contributed by atoms with Gasteiger partial charge in [-0.3, -0.25) is 4.79 Å². The van der Waals surface area contributed by atoms with Crippen LogP contribution in [0.15, 0.2) is 0 Å². The molecule has 1 saturated carbocycles. The quantitative estimate of drug-likeness (QED) is 0.800. The Labute approximate surface area is 110 Å². The number of nitrogens with one attached hydrogen (secondary N) is 1. The van der Waals surface area contributed by atoms with Gasteiger partial charge in [0.1, 0.15) is 0 Å². The zero-order chi connectivity index (χ0) is 13.0. The Morgan fingerprint density at radius 3 is 2.83 bits per heavy atom. The van der Waals surface area contributed by atoms with E-state index in [1.54, 1.807) is 0 Å². The van der Waals surface area contributed by atoms with Gasteiger partial charge in [-0.1, -0.05) is 19.8 Å². The van der Waals surface area contributed by atoms with Crippen LogP contribution < -0.4 is 11.1 Å². The van der Waals surface area contributed by atoms with Crippen molar-refractivity contribution >= 4 is 5.91 Å². The molecule has 0 bridgehead atoms. The lowest BCUT2D eigenvalue weighted by Crippen LogP contribution is -2.59. The maximum atomic E-state index is 12.1. The summed E-state index contributed by atoms with van der Waals surface area (Å²) < 4.78 is 5.51. The number of amides is 1. The minimum atomic E-state index is -0.173. The van der Waals surface area contributed by atoms with E-state index in [0.29, 0.717) is 18.9 Å². The van der Waals surface area contributed by atoms with E-state index in [-0.39, 0.29) is 17.6 Å². The largest absolute Gasteiger partial charge is 0.378 e. The molecule has 3 unspecified atom stereocenters. The van der Waals surface area contributed by atoms with Gasteiger partial charge >= 0.3 is 0 Å². The third kappa shape index (κ3) is 3.04. The second-order valence-corrected chi connectivity index (χ2v) is 5.89. The van der Waals surface area contributed by atoms with Crippen LogP contribution in [0.4, 0.5) is 0 Å². The molecule has 3 atom stereocenters. The van der Waals surface area contributed by atoms with Gasteiger partial charge in [0.15, 0.2) is 0 Å². The van der Waals surface area contributed by atoms with Crippen molar-refractivity contribution in [3.8, 4) is 0 Å². The summed E-state index contributed by atoms with van der Waals surface area (Å²) in [7, 11) is 0. The normalized spacial score (nSPS) is 36.6. The number of nitrogens with two attached hydrogens (primary N) is 1. The summed E-state index contributed by atoms with van der Waals surface area (Å²) in [5.41, 5.74) is 5.77. The van der Waals surface area contributed by atoms with E-state index < -0.39 is 0 Å². The molecule has 0 aromatic rings. The molecule has 0 aromatic heterocycles. The first-order chi connectivity index (χ1) is 8.66. The number of hydrogen-bond acceptors (Lipinski definition) is 3. The van der Waals surface area contributed by atoms with Crippen LogP contribution in [0.2, 0.25) is 0 Å². The van der Waals surface area contributed by atoms with E-state index in [4.69, 9.17) is 10.5 Å². The summed E-state index contributed by atoms with van der Waals surface area (Å²) in [6.07, 6.45) is 7.31. The van der Waals surface area contributed by atoms with Crippen LogP contribution in [0.3, 0.4) is 0 Å². The van der Waals surface area contributed by atoms with Crippen LogP contribution in [0.25, 0.3) is 0 Å². The Kier molecular flexibility index (Phi) is 4.62. The molecule has 2 aliphatic rings. The summed E-state index contributed by atoms with van der Waals surface area (Å²) >= 11 is 0. The number of ether oxygens (including phenoxy) is 1. The fourth-order valence-electron chi connectivity index (χ4n) is 3.29. The summed E-state index contributed by atoms with van der Waals surface area (Å²) in [5.74, 6) is 0.589. The highest BCUT2D eigenvalue weighted by Gasteiger charge is 2.38. The highest BCUT2D eigenvalue weighted by Crippen LogP contribution is 2.33. The molecule has 1 aliphatic carbocycles. The molecule has 3 N–H and O–H groups in total. The lowest BCUT2D eigenvalue weighted by molar-refractivity contribution is -0.126. The van der Waals surface area contributed by atoms with Gasteiger partial charge in [-0.05, 0) is 31.6 Å². The zero-order valence-electron chi connectivity index (χ0n) is 11.4. The fourth-order valence-corrected chi connectivity index (χ4v) is 3.29. The molecule has 1 heterocycles. The van der Waals surface area contributed by atoms with Crippen LogP contribution in [-0.4, -0.2) is 30.7 Å². The summed E-state index contributed by atoms with van der Waals surface area (Å²) in [6.45, 7) is 3.56. The van der Waals surface area contributed by atoms with Crippen molar-refractivity contribution in [1.29, 1.82) is 0 Å². The minimum absolute atomic E-state index is 0.112. The first-order valence-electron chi connectivity index (χ1n) is 7.29. The van der Waals surface area contributed by atoms with E-state index in [9.17, 15) is 4.79 Å². The van der Waals surface area contributed by atoms with Gasteiger partial charge < -0.3 is 15.8 Å². The lowest BCUT2D eigenvalue weighted by atomic mass is 9.73. The molecular weight excluding hydrogens is 228 g/mol. The third-order valence-electron chi connectivity index (χ3n) is 4.64. The van der Waals surface area contributed by atoms with Crippen molar-refractivity contribution in [2.45, 2.75) is 63.5 Å². The Bertz CT molecular complexity index is 290. The fraction of sp³-hybridized carbons (Fsp3) is 0.929. The van der Waals surface area contributed by atoms with E-state index >= 15 is 0 Å². The van der Waals surface area contributed by atoms with Crippen molar-refractivity contribution < 1.29 is 9.53 Å². The predicted molar refractivity (Wildman–Crippen MR) is 71.2 cm³/mol. The van der Waals surface area contributed by atoms with E-state index in [1.165, 1.54) is 12.8 Å². The first kappa shape index (κ1) is 13.8. The van der Waals surface area contributed by atoms with Crippen LogP contribution in [0, 0.1) is 5.92 Å². The summed E-state index contributed by atoms with van der Waals surface area (Å²) in [5, 5.41) is 3.21. The van der Waals surface area contributed by atoms with Gasteiger partial charge in [-0.25, -0.2) is 0 Å². The van der Waals surface area contributed by atoms with Crippen molar-refractivity contribution in [3.63, 3.8) is 0 Å². The maximum Gasteiger partial charge on any atom is 0.223 e. The summed E-state index contributed by atoms with van der Waals surface area (Å²) in [6, 6.07) is 0. The molecule has 2 rings (SSSR count). The number of rotatable bonds is 4. The van der Waals surface area contributed by atoms with Gasteiger partial charge in [0, 0.05) is 13.2 Å². The molecule has 4 heteroatoms. The average molecular weight is 254 g/mol. The van der Waals surface area contributed by atoms with E-state index in [0.717, 1.165) is 32.3 Å². The molecule has 104 valence electrons. The van der Waals surface area contributed by atoms with Crippen LogP contribution >= 0.6 is 0 Å². The van der Waals surface area contributed by atoms with E-state index in [1.807, 2.05) is 0 Å². The van der Waals surface area contributed by atoms with Gasteiger partial charge in [0.25, 0.3) is 0 Å². The van der Waals surface area contributed by atoms with Gasteiger partial charge in [0.05, 0.1) is 18.1 Å². The molecular formula is C14H26N2O2. The van der Waals surface area contributed by atoms with Crippen molar-refractivity contribution in [1.82, 2.24) is 5.32 Å². The van der Waals surface area contributed by atoms with Crippen molar-refractivity contribution in [3.05, 3.63) is 0 Å². The SMILES string of the molecule is CC1CCCCC1(CN)NC(=O)CC1CCCO1. The number of hydrogen-bond donors (Lipinski definition) is 2. The topological polar surface area (TPSA) is 64.3 Å².